The number of hydrogen-bond donors (Lipinski definition) is 1. The standard InChI is InChI=1S/C16H22N2O3/c1-13(10-16(19)20)12-17-6-8-18(9-7-17)14-4-3-5-15(11-14)21-2/h3-5,10-11H,6-9,12H2,1-2H3,(H,19,20). The molecule has 1 aromatic rings. The summed E-state index contributed by atoms with van der Waals surface area (Å²) in [4.78, 5) is 15.2. The Morgan fingerprint density at radius 1 is 1.33 bits per heavy atom. The van der Waals surface area contributed by atoms with Gasteiger partial charge in [0, 0.05) is 50.6 Å². The fourth-order valence-electron chi connectivity index (χ4n) is 2.58. The normalized spacial score (nSPS) is 16.9. The molecule has 0 spiro atoms. The van der Waals surface area contributed by atoms with Gasteiger partial charge in [0.2, 0.25) is 0 Å². The van der Waals surface area contributed by atoms with Gasteiger partial charge in [0.25, 0.3) is 0 Å². The molecule has 1 fully saturated rings. The van der Waals surface area contributed by atoms with Gasteiger partial charge in [0.05, 0.1) is 7.11 Å². The molecule has 0 aliphatic carbocycles. The van der Waals surface area contributed by atoms with Crippen LogP contribution >= 0.6 is 0 Å². The summed E-state index contributed by atoms with van der Waals surface area (Å²) < 4.78 is 5.26. The van der Waals surface area contributed by atoms with E-state index in [0.717, 1.165) is 44.0 Å². The van der Waals surface area contributed by atoms with Crippen LogP contribution in [0.2, 0.25) is 0 Å². The van der Waals surface area contributed by atoms with Crippen molar-refractivity contribution in [1.29, 1.82) is 0 Å². The van der Waals surface area contributed by atoms with Crippen molar-refractivity contribution < 1.29 is 14.6 Å². The maximum atomic E-state index is 10.6. The lowest BCUT2D eigenvalue weighted by atomic mass is 10.2. The number of carboxylic acid groups (broad SMARTS) is 1. The number of benzene rings is 1. The largest absolute Gasteiger partial charge is 0.497 e. The second-order valence-electron chi connectivity index (χ2n) is 5.29. The highest BCUT2D eigenvalue weighted by Gasteiger charge is 2.17. The molecule has 0 atom stereocenters. The van der Waals surface area contributed by atoms with E-state index in [1.165, 1.54) is 11.8 Å². The molecule has 1 aromatic carbocycles. The maximum Gasteiger partial charge on any atom is 0.328 e. The van der Waals surface area contributed by atoms with E-state index in [1.54, 1.807) is 7.11 Å². The van der Waals surface area contributed by atoms with Crippen molar-refractivity contribution in [2.75, 3.05) is 44.7 Å². The minimum atomic E-state index is -0.873. The molecular formula is C16H22N2O3. The van der Waals surface area contributed by atoms with Crippen LogP contribution in [0.1, 0.15) is 6.92 Å². The van der Waals surface area contributed by atoms with Crippen LogP contribution in [0, 0.1) is 0 Å². The molecule has 1 saturated heterocycles. The van der Waals surface area contributed by atoms with Crippen LogP contribution < -0.4 is 9.64 Å². The van der Waals surface area contributed by atoms with E-state index in [1.807, 2.05) is 25.1 Å². The summed E-state index contributed by atoms with van der Waals surface area (Å²) in [6.45, 7) is 6.33. The van der Waals surface area contributed by atoms with Gasteiger partial charge in [-0.15, -0.1) is 0 Å². The van der Waals surface area contributed by atoms with Crippen LogP contribution in [0.3, 0.4) is 0 Å². The van der Waals surface area contributed by atoms with Gasteiger partial charge in [0.1, 0.15) is 5.75 Å². The maximum absolute atomic E-state index is 10.6. The lowest BCUT2D eigenvalue weighted by Gasteiger charge is -2.36. The third-order valence-corrected chi connectivity index (χ3v) is 3.63. The molecule has 0 aromatic heterocycles. The summed E-state index contributed by atoms with van der Waals surface area (Å²) in [5, 5.41) is 8.74. The van der Waals surface area contributed by atoms with Crippen LogP contribution in [-0.2, 0) is 4.79 Å². The van der Waals surface area contributed by atoms with Gasteiger partial charge in [-0.25, -0.2) is 4.79 Å². The predicted octanol–water partition coefficient (Wildman–Crippen LogP) is 1.85. The van der Waals surface area contributed by atoms with E-state index >= 15 is 0 Å². The zero-order chi connectivity index (χ0) is 15.2. The highest BCUT2D eigenvalue weighted by molar-refractivity contribution is 5.80. The molecule has 0 amide bonds. The average Bonchev–Trinajstić information content (AvgIpc) is 2.47. The first kappa shape index (κ1) is 15.4. The Bertz CT molecular complexity index is 520. The van der Waals surface area contributed by atoms with Crippen LogP contribution in [0.5, 0.6) is 5.75 Å². The summed E-state index contributed by atoms with van der Waals surface area (Å²) in [6.07, 6.45) is 1.29. The van der Waals surface area contributed by atoms with Gasteiger partial charge in [-0.1, -0.05) is 11.6 Å². The smallest absolute Gasteiger partial charge is 0.328 e. The van der Waals surface area contributed by atoms with Crippen LogP contribution in [0.15, 0.2) is 35.9 Å². The molecule has 114 valence electrons. The van der Waals surface area contributed by atoms with Crippen LogP contribution in [-0.4, -0.2) is 55.8 Å². The Morgan fingerprint density at radius 2 is 2.05 bits per heavy atom. The summed E-state index contributed by atoms with van der Waals surface area (Å²) in [5.41, 5.74) is 2.06. The van der Waals surface area contributed by atoms with Crippen molar-refractivity contribution in [3.8, 4) is 5.75 Å². The number of aliphatic carboxylic acids is 1. The molecule has 0 unspecified atom stereocenters. The molecule has 21 heavy (non-hydrogen) atoms. The summed E-state index contributed by atoms with van der Waals surface area (Å²) in [6, 6.07) is 8.08. The lowest BCUT2D eigenvalue weighted by Crippen LogP contribution is -2.46. The minimum Gasteiger partial charge on any atom is -0.497 e. The number of carbonyl (C=O) groups is 1. The van der Waals surface area contributed by atoms with Crippen LogP contribution in [0.4, 0.5) is 5.69 Å². The minimum absolute atomic E-state index is 0.720. The molecule has 1 N–H and O–H groups in total. The third-order valence-electron chi connectivity index (χ3n) is 3.63. The first-order valence-electron chi connectivity index (χ1n) is 7.10. The highest BCUT2D eigenvalue weighted by Crippen LogP contribution is 2.22. The van der Waals surface area contributed by atoms with Gasteiger partial charge in [-0.3, -0.25) is 4.90 Å². The van der Waals surface area contributed by atoms with Crippen molar-refractivity contribution in [2.45, 2.75) is 6.92 Å². The zero-order valence-corrected chi connectivity index (χ0v) is 12.6. The Labute approximate surface area is 125 Å². The van der Waals surface area contributed by atoms with E-state index in [9.17, 15) is 4.79 Å². The van der Waals surface area contributed by atoms with Gasteiger partial charge in [-0.2, -0.15) is 0 Å². The number of ether oxygens (including phenoxy) is 1. The van der Waals surface area contributed by atoms with Gasteiger partial charge < -0.3 is 14.7 Å². The van der Waals surface area contributed by atoms with E-state index in [2.05, 4.69) is 15.9 Å². The van der Waals surface area contributed by atoms with Crippen molar-refractivity contribution in [2.24, 2.45) is 0 Å². The molecule has 0 saturated carbocycles. The van der Waals surface area contributed by atoms with Crippen molar-refractivity contribution in [1.82, 2.24) is 4.90 Å². The summed E-state index contributed by atoms with van der Waals surface area (Å²) >= 11 is 0. The van der Waals surface area contributed by atoms with Crippen molar-refractivity contribution in [3.05, 3.63) is 35.9 Å². The van der Waals surface area contributed by atoms with E-state index in [4.69, 9.17) is 9.84 Å². The Morgan fingerprint density at radius 3 is 2.67 bits per heavy atom. The van der Waals surface area contributed by atoms with Crippen LogP contribution in [0.25, 0.3) is 0 Å². The first-order valence-corrected chi connectivity index (χ1v) is 7.10. The van der Waals surface area contributed by atoms with Gasteiger partial charge in [-0.05, 0) is 19.1 Å². The summed E-state index contributed by atoms with van der Waals surface area (Å²) in [7, 11) is 1.68. The SMILES string of the molecule is COc1cccc(N2CCN(CC(C)=CC(=O)O)CC2)c1. The topological polar surface area (TPSA) is 53.0 Å². The van der Waals surface area contributed by atoms with Crippen molar-refractivity contribution in [3.63, 3.8) is 0 Å². The fraction of sp³-hybridized carbons (Fsp3) is 0.438. The number of carboxylic acids is 1. The monoisotopic (exact) mass is 290 g/mol. The number of anilines is 1. The molecule has 5 heteroatoms. The molecule has 5 nitrogen and oxygen atoms in total. The third kappa shape index (κ3) is 4.49. The zero-order valence-electron chi connectivity index (χ0n) is 12.6. The molecule has 2 rings (SSSR count). The quantitative estimate of drug-likeness (QED) is 0.839. The highest BCUT2D eigenvalue weighted by atomic mass is 16.5. The van der Waals surface area contributed by atoms with E-state index in [-0.39, 0.29) is 0 Å². The Kier molecular flexibility index (Phi) is 5.22. The lowest BCUT2D eigenvalue weighted by molar-refractivity contribution is -0.131. The molecule has 1 aliphatic rings. The number of hydrogen-bond acceptors (Lipinski definition) is 4. The fourth-order valence-corrected chi connectivity index (χ4v) is 2.58. The Balaban J connectivity index is 1.89. The first-order chi connectivity index (χ1) is 10.1. The Hall–Kier alpha value is -2.01. The molecule has 0 radical (unpaired) electrons. The number of piperazine rings is 1. The molecular weight excluding hydrogens is 268 g/mol. The van der Waals surface area contributed by atoms with E-state index < -0.39 is 5.97 Å². The second-order valence-corrected chi connectivity index (χ2v) is 5.29. The summed E-state index contributed by atoms with van der Waals surface area (Å²) in [5.74, 6) is -0.00215. The van der Waals surface area contributed by atoms with E-state index in [0.29, 0.717) is 0 Å². The van der Waals surface area contributed by atoms with Gasteiger partial charge in [0.15, 0.2) is 0 Å². The predicted molar refractivity (Wildman–Crippen MR) is 83.0 cm³/mol. The molecule has 1 heterocycles. The second kappa shape index (κ2) is 7.13. The van der Waals surface area contributed by atoms with Gasteiger partial charge >= 0.3 is 5.97 Å². The number of methoxy groups -OCH3 is 1. The number of nitrogens with zero attached hydrogens (tertiary/aromatic N) is 2. The number of rotatable bonds is 5. The molecule has 1 aliphatic heterocycles. The molecule has 0 bridgehead atoms. The average molecular weight is 290 g/mol. The van der Waals surface area contributed by atoms with Crippen molar-refractivity contribution >= 4 is 11.7 Å².